The number of anilines is 1. The minimum absolute atomic E-state index is 0. The van der Waals surface area contributed by atoms with Gasteiger partial charge < -0.3 is 14.7 Å². The summed E-state index contributed by atoms with van der Waals surface area (Å²) in [4.78, 5) is 38.9. The van der Waals surface area contributed by atoms with Gasteiger partial charge >= 0.3 is 37.4 Å². The maximum atomic E-state index is 13.7. The number of H-pyrrole nitrogens is 1. The molecule has 0 saturated carbocycles. The van der Waals surface area contributed by atoms with Crippen LogP contribution in [0.1, 0.15) is 47.7 Å². The number of aryl methyl sites for hydroxylation is 1. The van der Waals surface area contributed by atoms with Crippen LogP contribution in [0.3, 0.4) is 0 Å². The van der Waals surface area contributed by atoms with Crippen molar-refractivity contribution in [2.75, 3.05) is 5.06 Å². The van der Waals surface area contributed by atoms with Crippen molar-refractivity contribution in [3.63, 3.8) is 0 Å². The number of pyridine rings is 1. The molecular formula is C26H29N7NaO5P. The number of fused-ring (bicyclic) bond motifs is 1. The molecule has 0 fully saturated rings. The number of hydrogen-bond donors (Lipinski definition) is 3. The van der Waals surface area contributed by atoms with Gasteiger partial charge in [-0.15, -0.1) is 5.10 Å². The molecule has 1 atom stereocenters. The van der Waals surface area contributed by atoms with Crippen LogP contribution in [-0.4, -0.2) is 81.9 Å². The van der Waals surface area contributed by atoms with E-state index in [-0.39, 0.29) is 42.0 Å². The second-order valence-corrected chi connectivity index (χ2v) is 10.5. The van der Waals surface area contributed by atoms with Crippen LogP contribution in [0.2, 0.25) is 0 Å². The maximum absolute atomic E-state index is 13.7. The number of nitrogens with one attached hydrogen (secondary N) is 1. The predicted molar refractivity (Wildman–Crippen MR) is 150 cm³/mol. The summed E-state index contributed by atoms with van der Waals surface area (Å²) in [5.74, 6) is 0.276. The van der Waals surface area contributed by atoms with E-state index in [1.165, 1.54) is 5.06 Å². The number of rotatable bonds is 9. The molecule has 12 nitrogen and oxygen atoms in total. The quantitative estimate of drug-likeness (QED) is 0.200. The standard InChI is InChI=1S/C26H28N7O5P.Na.H/c1-3-4-5-24-32(26(34)21-14-17(2)6-11-23(21)33(24)38-39(35,36)37)16-18-7-9-19(10-8-18)20-12-13-27-15-22(20)25-28-30-31-29-25;;/h6-15,24H,3-5,16H2,1-2H3,(H2,35,36,37)(H,28,29,30,31);;. The molecule has 40 heavy (non-hydrogen) atoms. The molecule has 1 aliphatic heterocycles. The van der Waals surface area contributed by atoms with Crippen molar-refractivity contribution < 1.29 is 23.8 Å². The number of hydrogen-bond acceptors (Lipinski definition) is 8. The molecule has 2 aromatic heterocycles. The van der Waals surface area contributed by atoms with E-state index in [1.54, 1.807) is 35.5 Å². The number of unbranched alkanes of at least 4 members (excludes halogenated alkanes) is 1. The molecule has 0 aliphatic carbocycles. The van der Waals surface area contributed by atoms with Crippen LogP contribution in [0.25, 0.3) is 22.5 Å². The zero-order chi connectivity index (χ0) is 27.6. The molecule has 3 N–H and O–H groups in total. The first-order valence-electron chi connectivity index (χ1n) is 12.5. The number of amides is 1. The Kier molecular flexibility index (Phi) is 9.52. The second-order valence-electron chi connectivity index (χ2n) is 9.34. The van der Waals surface area contributed by atoms with Gasteiger partial charge in [0.25, 0.3) is 5.91 Å². The van der Waals surface area contributed by atoms with Gasteiger partial charge in [0, 0.05) is 24.5 Å². The van der Waals surface area contributed by atoms with Gasteiger partial charge in [0.2, 0.25) is 0 Å². The monoisotopic (exact) mass is 573 g/mol. The normalized spacial score (nSPS) is 15.1. The van der Waals surface area contributed by atoms with Crippen molar-refractivity contribution in [3.05, 3.63) is 77.6 Å². The van der Waals surface area contributed by atoms with E-state index in [9.17, 15) is 19.1 Å². The first kappa shape index (κ1) is 30.0. The number of aromatic amines is 1. The van der Waals surface area contributed by atoms with E-state index in [0.717, 1.165) is 40.7 Å². The molecule has 0 saturated heterocycles. The van der Waals surface area contributed by atoms with Crippen molar-refractivity contribution in [1.29, 1.82) is 0 Å². The van der Waals surface area contributed by atoms with Gasteiger partial charge in [-0.3, -0.25) is 9.78 Å². The van der Waals surface area contributed by atoms with Gasteiger partial charge in [-0.05, 0) is 65.1 Å². The molecule has 0 bridgehead atoms. The summed E-state index contributed by atoms with van der Waals surface area (Å²) >= 11 is 0. The molecule has 0 spiro atoms. The first-order chi connectivity index (χ1) is 18.7. The first-order valence-corrected chi connectivity index (χ1v) is 14.0. The molecule has 2 aromatic carbocycles. The third-order valence-corrected chi connectivity index (χ3v) is 6.95. The summed E-state index contributed by atoms with van der Waals surface area (Å²) in [6.45, 7) is 4.09. The van der Waals surface area contributed by atoms with Gasteiger partial charge in [-0.2, -0.15) is 4.62 Å². The Morgan fingerprint density at radius 3 is 2.52 bits per heavy atom. The summed E-state index contributed by atoms with van der Waals surface area (Å²) in [5, 5.41) is 15.3. The van der Waals surface area contributed by atoms with Gasteiger partial charge in [-0.1, -0.05) is 49.2 Å². The van der Waals surface area contributed by atoms with Crippen molar-refractivity contribution in [1.82, 2.24) is 30.5 Å². The van der Waals surface area contributed by atoms with E-state index >= 15 is 0 Å². The van der Waals surface area contributed by atoms with E-state index < -0.39 is 14.0 Å². The third kappa shape index (κ3) is 6.50. The van der Waals surface area contributed by atoms with E-state index in [0.29, 0.717) is 23.5 Å². The number of carbonyl (C=O) groups excluding carboxylic acids is 1. The average Bonchev–Trinajstić information content (AvgIpc) is 3.46. The van der Waals surface area contributed by atoms with Crippen LogP contribution in [-0.2, 0) is 15.7 Å². The summed E-state index contributed by atoms with van der Waals surface area (Å²) in [6, 6.07) is 14.8. The summed E-state index contributed by atoms with van der Waals surface area (Å²) in [6.07, 6.45) is 4.72. The zero-order valence-corrected chi connectivity index (χ0v) is 22.3. The van der Waals surface area contributed by atoms with Crippen molar-refractivity contribution in [2.45, 2.75) is 45.8 Å². The number of aromatic nitrogens is 5. The topological polar surface area (TPSA) is 158 Å². The number of hydroxylamine groups is 1. The fourth-order valence-corrected chi connectivity index (χ4v) is 5.16. The van der Waals surface area contributed by atoms with E-state index in [4.69, 9.17) is 4.62 Å². The minimum atomic E-state index is -4.90. The Hall–Kier alpha value is -2.96. The molecule has 3 heterocycles. The van der Waals surface area contributed by atoms with Crippen LogP contribution < -0.4 is 5.06 Å². The van der Waals surface area contributed by atoms with Gasteiger partial charge in [-0.25, -0.2) is 14.7 Å². The molecule has 5 rings (SSSR count). The number of phosphoric acid groups is 1. The van der Waals surface area contributed by atoms with Crippen LogP contribution in [0.4, 0.5) is 5.69 Å². The fourth-order valence-electron chi connectivity index (χ4n) is 4.74. The molecular weight excluding hydrogens is 544 g/mol. The van der Waals surface area contributed by atoms with Crippen LogP contribution in [0.15, 0.2) is 60.9 Å². The van der Waals surface area contributed by atoms with Crippen molar-refractivity contribution in [3.8, 4) is 22.5 Å². The van der Waals surface area contributed by atoms with Gasteiger partial charge in [0.05, 0.1) is 11.3 Å². The van der Waals surface area contributed by atoms with Gasteiger partial charge in [0.1, 0.15) is 6.17 Å². The Morgan fingerprint density at radius 1 is 1.07 bits per heavy atom. The number of nitrogens with zero attached hydrogens (tertiary/aromatic N) is 6. The summed E-state index contributed by atoms with van der Waals surface area (Å²) < 4.78 is 17.1. The molecule has 1 amide bonds. The van der Waals surface area contributed by atoms with Crippen LogP contribution >= 0.6 is 7.82 Å². The fraction of sp³-hybridized carbons (Fsp3) is 0.269. The predicted octanol–water partition coefficient (Wildman–Crippen LogP) is 3.59. The average molecular weight is 574 g/mol. The van der Waals surface area contributed by atoms with Crippen LogP contribution in [0.5, 0.6) is 0 Å². The number of carbonyl (C=O) groups is 1. The summed E-state index contributed by atoms with van der Waals surface area (Å²) in [5.41, 5.74) is 4.91. The Labute approximate surface area is 253 Å². The number of benzene rings is 2. The van der Waals surface area contributed by atoms with E-state index in [2.05, 4.69) is 25.6 Å². The molecule has 14 heteroatoms. The van der Waals surface area contributed by atoms with E-state index in [1.807, 2.05) is 44.2 Å². The Bertz CT molecular complexity index is 1510. The zero-order valence-electron chi connectivity index (χ0n) is 21.4. The number of tetrazole rings is 1. The molecule has 0 radical (unpaired) electrons. The molecule has 204 valence electrons. The second kappa shape index (κ2) is 12.7. The third-order valence-electron chi connectivity index (χ3n) is 6.56. The van der Waals surface area contributed by atoms with Crippen LogP contribution in [0, 0.1) is 6.92 Å². The molecule has 1 aliphatic rings. The van der Waals surface area contributed by atoms with Crippen molar-refractivity contribution >= 4 is 49.0 Å². The molecule has 4 aromatic rings. The SMILES string of the molecule is CCCCC1N(Cc2ccc(-c3ccncc3-c3nnn[nH]3)cc2)C(=O)c2cc(C)ccc2N1OP(=O)(O)O.[NaH]. The Morgan fingerprint density at radius 2 is 1.85 bits per heavy atom. The van der Waals surface area contributed by atoms with Crippen molar-refractivity contribution in [2.24, 2.45) is 0 Å². The summed E-state index contributed by atoms with van der Waals surface area (Å²) in [7, 11) is -4.90. The van der Waals surface area contributed by atoms with Gasteiger partial charge in [0.15, 0.2) is 5.82 Å². The Balaban J connectivity index is 0.00000370. The molecule has 1 unspecified atom stereocenters.